The Labute approximate surface area is 138 Å². The number of fused-ring (bicyclic) bond motifs is 1. The zero-order chi connectivity index (χ0) is 16.5. The van der Waals surface area contributed by atoms with Crippen LogP contribution in [0.15, 0.2) is 60.8 Å². The largest absolute Gasteiger partial charge is 0.508 e. The van der Waals surface area contributed by atoms with Crippen molar-refractivity contribution < 1.29 is 9.84 Å². The van der Waals surface area contributed by atoms with Crippen LogP contribution in [0.2, 0.25) is 0 Å². The third-order valence-electron chi connectivity index (χ3n) is 3.88. The van der Waals surface area contributed by atoms with Gasteiger partial charge in [-0.2, -0.15) is 0 Å². The van der Waals surface area contributed by atoms with E-state index < -0.39 is 0 Å². The molecule has 5 nitrogen and oxygen atoms in total. The number of pyridine rings is 2. The second-order valence-corrected chi connectivity index (χ2v) is 5.39. The van der Waals surface area contributed by atoms with Gasteiger partial charge in [0.2, 0.25) is 5.88 Å². The van der Waals surface area contributed by atoms with E-state index in [2.05, 4.69) is 15.0 Å². The molecule has 4 aromatic rings. The summed E-state index contributed by atoms with van der Waals surface area (Å²) in [6.45, 7) is 0. The smallest absolute Gasteiger partial charge is 0.213 e. The number of nitrogens with one attached hydrogen (secondary N) is 1. The van der Waals surface area contributed by atoms with Crippen LogP contribution in [0.5, 0.6) is 11.6 Å². The van der Waals surface area contributed by atoms with E-state index in [1.165, 1.54) is 0 Å². The van der Waals surface area contributed by atoms with Gasteiger partial charge in [-0.3, -0.25) is 4.98 Å². The number of rotatable bonds is 3. The quantitative estimate of drug-likeness (QED) is 0.599. The molecule has 1 aromatic carbocycles. The van der Waals surface area contributed by atoms with Crippen molar-refractivity contribution in [1.82, 2.24) is 15.0 Å². The van der Waals surface area contributed by atoms with Crippen LogP contribution in [-0.4, -0.2) is 27.2 Å². The summed E-state index contributed by atoms with van der Waals surface area (Å²) in [4.78, 5) is 12.4. The number of hydrogen-bond donors (Lipinski definition) is 2. The number of methoxy groups -OCH3 is 1. The van der Waals surface area contributed by atoms with E-state index in [0.29, 0.717) is 5.88 Å². The summed E-state index contributed by atoms with van der Waals surface area (Å²) in [5, 5.41) is 9.83. The van der Waals surface area contributed by atoms with Crippen LogP contribution in [0.1, 0.15) is 0 Å². The molecule has 3 aromatic heterocycles. The molecule has 3 heterocycles. The number of phenolic OH excluding ortho intramolecular Hbond substituents is 1. The Balaban J connectivity index is 2.06. The molecule has 0 spiro atoms. The normalized spacial score (nSPS) is 10.9. The molecule has 0 bridgehead atoms. The zero-order valence-electron chi connectivity index (χ0n) is 13.0. The number of aromatic hydroxyl groups is 1. The van der Waals surface area contributed by atoms with Gasteiger partial charge in [0.1, 0.15) is 11.3 Å². The Morgan fingerprint density at radius 1 is 1.04 bits per heavy atom. The molecular weight excluding hydrogens is 302 g/mol. The molecule has 5 heteroatoms. The lowest BCUT2D eigenvalue weighted by Crippen LogP contribution is -1.89. The Hall–Kier alpha value is -3.34. The van der Waals surface area contributed by atoms with Gasteiger partial charge in [0.15, 0.2) is 0 Å². The summed E-state index contributed by atoms with van der Waals surface area (Å²) >= 11 is 0. The van der Waals surface area contributed by atoms with E-state index in [0.717, 1.165) is 33.5 Å². The van der Waals surface area contributed by atoms with Crippen molar-refractivity contribution >= 4 is 11.0 Å². The van der Waals surface area contributed by atoms with Gasteiger partial charge in [-0.05, 0) is 30.3 Å². The average molecular weight is 317 g/mol. The average Bonchev–Trinajstić information content (AvgIpc) is 3.01. The van der Waals surface area contributed by atoms with Crippen molar-refractivity contribution in [2.75, 3.05) is 7.11 Å². The molecule has 118 valence electrons. The molecule has 0 saturated carbocycles. The van der Waals surface area contributed by atoms with Crippen LogP contribution in [0, 0.1) is 0 Å². The third kappa shape index (κ3) is 2.36. The van der Waals surface area contributed by atoms with E-state index >= 15 is 0 Å². The molecule has 0 aliphatic rings. The molecule has 0 saturated heterocycles. The molecule has 0 aliphatic heterocycles. The van der Waals surface area contributed by atoms with Crippen LogP contribution in [0.3, 0.4) is 0 Å². The number of H-pyrrole nitrogens is 1. The predicted octanol–water partition coefficient (Wildman–Crippen LogP) is 4.01. The molecule has 0 atom stereocenters. The topological polar surface area (TPSA) is 71.0 Å². The van der Waals surface area contributed by atoms with E-state index in [9.17, 15) is 5.11 Å². The number of ether oxygens (including phenoxy) is 1. The number of nitrogens with zero attached hydrogens (tertiary/aromatic N) is 2. The fourth-order valence-electron chi connectivity index (χ4n) is 2.80. The summed E-state index contributed by atoms with van der Waals surface area (Å²) in [5.74, 6) is 0.754. The van der Waals surface area contributed by atoms with Crippen molar-refractivity contribution in [3.05, 3.63) is 60.8 Å². The molecule has 0 amide bonds. The molecule has 0 fully saturated rings. The van der Waals surface area contributed by atoms with E-state index in [1.807, 2.05) is 42.5 Å². The number of hydrogen-bond acceptors (Lipinski definition) is 4. The molecular formula is C19H15N3O2. The molecule has 24 heavy (non-hydrogen) atoms. The number of benzene rings is 1. The molecule has 4 rings (SSSR count). The first kappa shape index (κ1) is 14.3. The fourth-order valence-corrected chi connectivity index (χ4v) is 2.80. The number of aromatic amines is 1. The van der Waals surface area contributed by atoms with Crippen LogP contribution < -0.4 is 4.74 Å². The van der Waals surface area contributed by atoms with Crippen molar-refractivity contribution in [2.24, 2.45) is 0 Å². The minimum atomic E-state index is 0.212. The van der Waals surface area contributed by atoms with Gasteiger partial charge in [0, 0.05) is 17.8 Å². The van der Waals surface area contributed by atoms with Crippen molar-refractivity contribution in [3.8, 4) is 34.1 Å². The highest BCUT2D eigenvalue weighted by molar-refractivity contribution is 6.00. The van der Waals surface area contributed by atoms with E-state index in [1.54, 1.807) is 25.4 Å². The molecule has 2 N–H and O–H groups in total. The summed E-state index contributed by atoms with van der Waals surface area (Å²) in [6.07, 6.45) is 1.75. The van der Waals surface area contributed by atoms with Gasteiger partial charge in [-0.25, -0.2) is 4.98 Å². The summed E-state index contributed by atoms with van der Waals surface area (Å²) in [6, 6.07) is 16.6. The van der Waals surface area contributed by atoms with E-state index in [4.69, 9.17) is 4.74 Å². The standard InChI is InChI=1S/C19H15N3O2/c1-24-16-9-8-15-19(22-16)17(14-7-2-3-10-20-14)18(21-15)12-5-4-6-13(23)11-12/h2-11,21,23H,1H3. The lowest BCUT2D eigenvalue weighted by molar-refractivity contribution is 0.399. The maximum atomic E-state index is 9.83. The van der Waals surface area contributed by atoms with Crippen LogP contribution in [0.25, 0.3) is 33.5 Å². The van der Waals surface area contributed by atoms with Crippen LogP contribution >= 0.6 is 0 Å². The lowest BCUT2D eigenvalue weighted by atomic mass is 10.0. The van der Waals surface area contributed by atoms with Crippen molar-refractivity contribution in [3.63, 3.8) is 0 Å². The van der Waals surface area contributed by atoms with Crippen LogP contribution in [-0.2, 0) is 0 Å². The minimum absolute atomic E-state index is 0.212. The highest BCUT2D eigenvalue weighted by atomic mass is 16.5. The summed E-state index contributed by atoms with van der Waals surface area (Å²) < 4.78 is 5.26. The minimum Gasteiger partial charge on any atom is -0.508 e. The predicted molar refractivity (Wildman–Crippen MR) is 93.0 cm³/mol. The molecule has 0 aliphatic carbocycles. The van der Waals surface area contributed by atoms with Gasteiger partial charge >= 0.3 is 0 Å². The Morgan fingerprint density at radius 3 is 2.71 bits per heavy atom. The monoisotopic (exact) mass is 317 g/mol. The lowest BCUT2D eigenvalue weighted by Gasteiger charge is -2.05. The highest BCUT2D eigenvalue weighted by Crippen LogP contribution is 2.37. The van der Waals surface area contributed by atoms with Gasteiger partial charge in [0.25, 0.3) is 0 Å². The summed E-state index contributed by atoms with van der Waals surface area (Å²) in [5.41, 5.74) is 5.09. The third-order valence-corrected chi connectivity index (χ3v) is 3.88. The number of phenols is 1. The zero-order valence-corrected chi connectivity index (χ0v) is 13.0. The second-order valence-electron chi connectivity index (χ2n) is 5.39. The first-order valence-corrected chi connectivity index (χ1v) is 7.54. The maximum Gasteiger partial charge on any atom is 0.213 e. The van der Waals surface area contributed by atoms with Gasteiger partial charge in [-0.1, -0.05) is 18.2 Å². The SMILES string of the molecule is COc1ccc2[nH]c(-c3cccc(O)c3)c(-c3ccccn3)c2n1. The Kier molecular flexibility index (Phi) is 3.39. The maximum absolute atomic E-state index is 9.83. The Bertz CT molecular complexity index is 1010. The van der Waals surface area contributed by atoms with Crippen LogP contribution in [0.4, 0.5) is 0 Å². The van der Waals surface area contributed by atoms with Crippen molar-refractivity contribution in [1.29, 1.82) is 0 Å². The second kappa shape index (κ2) is 5.70. The summed E-state index contributed by atoms with van der Waals surface area (Å²) in [7, 11) is 1.59. The highest BCUT2D eigenvalue weighted by Gasteiger charge is 2.18. The Morgan fingerprint density at radius 2 is 1.96 bits per heavy atom. The number of aromatic nitrogens is 3. The van der Waals surface area contributed by atoms with E-state index in [-0.39, 0.29) is 5.75 Å². The van der Waals surface area contributed by atoms with Gasteiger partial charge < -0.3 is 14.8 Å². The molecule has 0 radical (unpaired) electrons. The van der Waals surface area contributed by atoms with Gasteiger partial charge in [-0.15, -0.1) is 0 Å². The van der Waals surface area contributed by atoms with Gasteiger partial charge in [0.05, 0.1) is 29.6 Å². The fraction of sp³-hybridized carbons (Fsp3) is 0.0526. The first-order valence-electron chi connectivity index (χ1n) is 7.54. The molecule has 0 unspecified atom stereocenters. The van der Waals surface area contributed by atoms with Crippen molar-refractivity contribution in [2.45, 2.75) is 0 Å². The first-order chi connectivity index (χ1) is 11.8.